The first-order valence-corrected chi connectivity index (χ1v) is 2.41. The maximum atomic E-state index is 8.97. The third kappa shape index (κ3) is 1.50. The Balaban J connectivity index is 0.000000640. The Hall–Kier alpha value is -0.393. The molecule has 0 radical (unpaired) electrons. The molecule has 0 bridgehead atoms. The third-order valence-electron chi connectivity index (χ3n) is 1.14. The van der Waals surface area contributed by atoms with Gasteiger partial charge in [0.15, 0.2) is 0 Å². The van der Waals surface area contributed by atoms with Gasteiger partial charge in [0.05, 0.1) is 0 Å². The molecule has 0 fully saturated rings. The van der Waals surface area contributed by atoms with Gasteiger partial charge in [-0.1, -0.05) is 0 Å². The second-order valence-corrected chi connectivity index (χ2v) is 1.82. The molecule has 0 amide bonds. The molecule has 0 saturated carbocycles. The molecular formula is C5H8LiN3. The van der Waals surface area contributed by atoms with Gasteiger partial charge in [0.25, 0.3) is 0 Å². The Bertz CT molecular complexity index is 212. The molecule has 0 aliphatic carbocycles. The Morgan fingerprint density at radius 3 is 1.67 bits per heavy atom. The number of aromatic nitrogens is 2. The minimum Gasteiger partial charge on any atom is -0.407 e. The predicted molar refractivity (Wildman–Crippen MR) is 30.9 cm³/mol. The van der Waals surface area contributed by atoms with Crippen LogP contribution in [0.5, 0.6) is 0 Å². The Kier molecular flexibility index (Phi) is 2.82. The second kappa shape index (κ2) is 2.95. The molecule has 4 heteroatoms. The summed E-state index contributed by atoms with van der Waals surface area (Å²) in [6, 6.07) is 0. The maximum absolute atomic E-state index is 8.97. The van der Waals surface area contributed by atoms with E-state index in [0.29, 0.717) is 0 Å². The third-order valence-corrected chi connectivity index (χ3v) is 1.14. The molecular weight excluding hydrogens is 109 g/mol. The van der Waals surface area contributed by atoms with Crippen molar-refractivity contribution in [2.75, 3.05) is 0 Å². The van der Waals surface area contributed by atoms with E-state index in [0.717, 1.165) is 0 Å². The fourth-order valence-corrected chi connectivity index (χ4v) is 0.582. The van der Waals surface area contributed by atoms with E-state index in [4.69, 9.17) is 5.41 Å². The van der Waals surface area contributed by atoms with Crippen molar-refractivity contribution in [2.45, 2.75) is 0 Å². The van der Waals surface area contributed by atoms with Crippen molar-refractivity contribution in [1.82, 2.24) is 9.13 Å². The van der Waals surface area contributed by atoms with Crippen molar-refractivity contribution in [3.63, 3.8) is 0 Å². The number of hydrogen-bond acceptors (Lipinski definition) is 0. The first-order chi connectivity index (χ1) is 3.72. The van der Waals surface area contributed by atoms with E-state index in [9.17, 15) is 0 Å². The second-order valence-electron chi connectivity index (χ2n) is 1.82. The Morgan fingerprint density at radius 1 is 1.22 bits per heavy atom. The molecule has 0 N–H and O–H groups in total. The summed E-state index contributed by atoms with van der Waals surface area (Å²) in [6.45, 7) is 0. The topological polar surface area (TPSA) is 32.2 Å². The van der Waals surface area contributed by atoms with Gasteiger partial charge in [0.2, 0.25) is 0 Å². The minimum atomic E-state index is 0. The van der Waals surface area contributed by atoms with Crippen LogP contribution in [0.15, 0.2) is 12.4 Å². The standard InChI is InChI=1S/C5H8N3.Li/c1-7-3-4-8(2)5(7)6;/h3-4H,1-2H3;/q-1;+1. The Labute approximate surface area is 66.0 Å². The van der Waals surface area contributed by atoms with Crippen molar-refractivity contribution in [1.29, 1.82) is 0 Å². The van der Waals surface area contributed by atoms with Gasteiger partial charge in [-0.3, -0.25) is 0 Å². The molecule has 0 saturated heterocycles. The van der Waals surface area contributed by atoms with Crippen LogP contribution in [-0.4, -0.2) is 9.13 Å². The van der Waals surface area contributed by atoms with Gasteiger partial charge in [0.1, 0.15) is 0 Å². The van der Waals surface area contributed by atoms with Crippen molar-refractivity contribution in [3.05, 3.63) is 23.4 Å². The number of imidazole rings is 1. The van der Waals surface area contributed by atoms with E-state index >= 15 is 0 Å². The van der Waals surface area contributed by atoms with Crippen LogP contribution in [0.2, 0.25) is 0 Å². The van der Waals surface area contributed by atoms with Crippen LogP contribution in [0.3, 0.4) is 0 Å². The quantitative estimate of drug-likeness (QED) is 0.321. The minimum absolute atomic E-state index is 0. The van der Waals surface area contributed by atoms with Crippen LogP contribution < -0.4 is 24.5 Å². The summed E-state index contributed by atoms with van der Waals surface area (Å²) in [4.78, 5) is 0. The molecule has 3 nitrogen and oxygen atoms in total. The maximum Gasteiger partial charge on any atom is 1.00 e. The van der Waals surface area contributed by atoms with Gasteiger partial charge in [0, 0.05) is 5.62 Å². The number of aryl methyl sites for hydroxylation is 2. The fourth-order valence-electron chi connectivity index (χ4n) is 0.582. The first kappa shape index (κ1) is 8.61. The van der Waals surface area contributed by atoms with Crippen LogP contribution in [-0.2, 0) is 14.1 Å². The molecule has 1 aromatic rings. The monoisotopic (exact) mass is 117 g/mol. The average molecular weight is 117 g/mol. The smallest absolute Gasteiger partial charge is 0.407 e. The van der Waals surface area contributed by atoms with Crippen LogP contribution >= 0.6 is 0 Å². The van der Waals surface area contributed by atoms with Crippen LogP contribution in [0.4, 0.5) is 0 Å². The van der Waals surface area contributed by atoms with Crippen molar-refractivity contribution >= 4 is 0 Å². The van der Waals surface area contributed by atoms with Gasteiger partial charge in [-0.05, 0) is 26.5 Å². The van der Waals surface area contributed by atoms with Crippen molar-refractivity contribution in [2.24, 2.45) is 14.1 Å². The van der Waals surface area contributed by atoms with E-state index in [1.165, 1.54) is 0 Å². The zero-order valence-corrected chi connectivity index (χ0v) is 6.00. The zero-order chi connectivity index (χ0) is 6.15. The van der Waals surface area contributed by atoms with Gasteiger partial charge in [-0.25, -0.2) is 0 Å². The predicted octanol–water partition coefficient (Wildman–Crippen LogP) is -3.16. The SMILES string of the molecule is Cn1ccn(C)c1=[N-].[Li+]. The number of hydrogen-bond donors (Lipinski definition) is 0. The summed E-state index contributed by atoms with van der Waals surface area (Å²) in [7, 11) is 3.57. The normalized spacial score (nSPS) is 8.67. The summed E-state index contributed by atoms with van der Waals surface area (Å²) < 4.78 is 3.28. The number of nitrogens with zero attached hydrogens (tertiary/aromatic N) is 3. The first-order valence-electron chi connectivity index (χ1n) is 2.41. The van der Waals surface area contributed by atoms with Gasteiger partial charge >= 0.3 is 18.9 Å². The summed E-state index contributed by atoms with van der Waals surface area (Å²) in [5.41, 5.74) is 0.269. The summed E-state index contributed by atoms with van der Waals surface area (Å²) in [5.74, 6) is 0. The summed E-state index contributed by atoms with van der Waals surface area (Å²) in [6.07, 6.45) is 3.57. The fraction of sp³-hybridized carbons (Fsp3) is 0.400. The van der Waals surface area contributed by atoms with Gasteiger partial charge < -0.3 is 14.5 Å². The molecule has 0 spiro atoms. The largest absolute Gasteiger partial charge is 1.00 e. The van der Waals surface area contributed by atoms with Crippen LogP contribution in [0.25, 0.3) is 5.41 Å². The molecule has 9 heavy (non-hydrogen) atoms. The Morgan fingerprint density at radius 2 is 1.56 bits per heavy atom. The van der Waals surface area contributed by atoms with E-state index in [1.807, 2.05) is 0 Å². The molecule has 44 valence electrons. The summed E-state index contributed by atoms with van der Waals surface area (Å²) >= 11 is 0. The molecule has 1 heterocycles. The zero-order valence-electron chi connectivity index (χ0n) is 6.00. The van der Waals surface area contributed by atoms with Gasteiger partial charge in [-0.2, -0.15) is 0 Å². The average Bonchev–Trinajstić information content (AvgIpc) is 1.98. The van der Waals surface area contributed by atoms with E-state index in [1.54, 1.807) is 35.6 Å². The molecule has 0 unspecified atom stereocenters. The molecule has 1 rings (SSSR count). The molecule has 0 atom stereocenters. The van der Waals surface area contributed by atoms with Gasteiger partial charge in [-0.15, -0.1) is 0 Å². The van der Waals surface area contributed by atoms with E-state index in [2.05, 4.69) is 0 Å². The van der Waals surface area contributed by atoms with Crippen LogP contribution in [0.1, 0.15) is 0 Å². The molecule has 0 aliphatic rings. The van der Waals surface area contributed by atoms with E-state index < -0.39 is 0 Å². The molecule has 1 aromatic heterocycles. The van der Waals surface area contributed by atoms with Crippen LogP contribution in [0, 0.1) is 0 Å². The van der Waals surface area contributed by atoms with Crippen molar-refractivity contribution in [3.8, 4) is 0 Å². The number of rotatable bonds is 0. The molecule has 0 aromatic carbocycles. The van der Waals surface area contributed by atoms with E-state index in [-0.39, 0.29) is 24.5 Å². The van der Waals surface area contributed by atoms with Crippen molar-refractivity contribution < 1.29 is 18.9 Å². The summed E-state index contributed by atoms with van der Waals surface area (Å²) in [5, 5.41) is 8.97. The molecule has 0 aliphatic heterocycles.